The number of rotatable bonds is 4. The molecule has 0 aromatic heterocycles. The maximum absolute atomic E-state index is 13.0. The van der Waals surface area contributed by atoms with Crippen molar-refractivity contribution in [3.8, 4) is 5.75 Å². The Morgan fingerprint density at radius 1 is 1.15 bits per heavy atom. The summed E-state index contributed by atoms with van der Waals surface area (Å²) in [4.78, 5) is 5.79. The van der Waals surface area contributed by atoms with Crippen LogP contribution in [0.3, 0.4) is 0 Å². The van der Waals surface area contributed by atoms with Crippen molar-refractivity contribution in [3.05, 3.63) is 59.7 Å². The van der Waals surface area contributed by atoms with Gasteiger partial charge in [0.1, 0.15) is 5.75 Å². The maximum Gasteiger partial charge on any atom is 0.243 e. The molecular formula is C19H20N2O4S. The second-order valence-corrected chi connectivity index (χ2v) is 8.48. The van der Waals surface area contributed by atoms with Crippen molar-refractivity contribution in [2.24, 2.45) is 11.1 Å². The van der Waals surface area contributed by atoms with E-state index < -0.39 is 10.0 Å². The lowest BCUT2D eigenvalue weighted by atomic mass is 9.92. The van der Waals surface area contributed by atoms with Crippen molar-refractivity contribution in [2.45, 2.75) is 17.9 Å². The first-order valence-electron chi connectivity index (χ1n) is 8.44. The molecule has 2 aromatic rings. The Morgan fingerprint density at radius 2 is 1.96 bits per heavy atom. The Balaban J connectivity index is 1.61. The van der Waals surface area contributed by atoms with Gasteiger partial charge in [-0.15, -0.1) is 0 Å². The first-order chi connectivity index (χ1) is 12.5. The highest BCUT2D eigenvalue weighted by Gasteiger charge is 2.47. The summed E-state index contributed by atoms with van der Waals surface area (Å²) in [5.41, 5.74) is 2.95. The highest BCUT2D eigenvalue weighted by atomic mass is 32.2. The van der Waals surface area contributed by atoms with E-state index in [1.165, 1.54) is 11.4 Å². The molecule has 0 amide bonds. The number of hydrogen-bond donors (Lipinski definition) is 0. The van der Waals surface area contributed by atoms with Gasteiger partial charge in [-0.2, -0.15) is 4.31 Å². The molecule has 0 bridgehead atoms. The molecule has 2 unspecified atom stereocenters. The van der Waals surface area contributed by atoms with Gasteiger partial charge < -0.3 is 9.57 Å². The van der Waals surface area contributed by atoms with E-state index in [-0.39, 0.29) is 16.9 Å². The summed E-state index contributed by atoms with van der Waals surface area (Å²) in [6.45, 7) is 2.67. The molecule has 136 valence electrons. The van der Waals surface area contributed by atoms with Crippen LogP contribution in [0.2, 0.25) is 0 Å². The number of benzene rings is 2. The van der Waals surface area contributed by atoms with Gasteiger partial charge in [0, 0.05) is 18.2 Å². The van der Waals surface area contributed by atoms with E-state index in [0.717, 1.165) is 16.8 Å². The van der Waals surface area contributed by atoms with Crippen molar-refractivity contribution >= 4 is 15.7 Å². The SMILES string of the molecule is COc1cccc(S(=O)(=O)N2CC3ON=C(c4ccccc4C)C3C2)c1. The molecule has 2 aliphatic heterocycles. The number of methoxy groups -OCH3 is 1. The van der Waals surface area contributed by atoms with Gasteiger partial charge in [-0.3, -0.25) is 0 Å². The molecule has 4 rings (SSSR count). The lowest BCUT2D eigenvalue weighted by Crippen LogP contribution is -2.30. The van der Waals surface area contributed by atoms with Gasteiger partial charge in [0.25, 0.3) is 0 Å². The van der Waals surface area contributed by atoms with Crippen molar-refractivity contribution in [1.29, 1.82) is 0 Å². The van der Waals surface area contributed by atoms with Crippen molar-refractivity contribution in [2.75, 3.05) is 20.2 Å². The molecule has 7 heteroatoms. The summed E-state index contributed by atoms with van der Waals surface area (Å²) >= 11 is 0. The summed E-state index contributed by atoms with van der Waals surface area (Å²) in [5, 5.41) is 4.24. The van der Waals surface area contributed by atoms with Gasteiger partial charge in [0.15, 0.2) is 6.10 Å². The fraction of sp³-hybridized carbons (Fsp3) is 0.316. The Hall–Kier alpha value is -2.38. The van der Waals surface area contributed by atoms with E-state index >= 15 is 0 Å². The van der Waals surface area contributed by atoms with Gasteiger partial charge in [0.05, 0.1) is 30.2 Å². The standard InChI is InChI=1S/C19H20N2O4S/c1-13-6-3-4-9-16(13)19-17-11-21(12-18(17)25-20-19)26(22,23)15-8-5-7-14(10-15)24-2/h3-10,17-18H,11-12H2,1-2H3. The zero-order valence-electron chi connectivity index (χ0n) is 14.6. The zero-order valence-corrected chi connectivity index (χ0v) is 15.4. The summed E-state index contributed by atoms with van der Waals surface area (Å²) in [5.74, 6) is 0.459. The topological polar surface area (TPSA) is 68.2 Å². The predicted molar refractivity (Wildman–Crippen MR) is 97.8 cm³/mol. The third-order valence-corrected chi connectivity index (χ3v) is 6.80. The number of ether oxygens (including phenoxy) is 1. The van der Waals surface area contributed by atoms with Crippen LogP contribution in [0.15, 0.2) is 58.6 Å². The second kappa shape index (κ2) is 6.41. The Labute approximate surface area is 153 Å². The van der Waals surface area contributed by atoms with Crippen LogP contribution >= 0.6 is 0 Å². The molecule has 1 fully saturated rings. The number of nitrogens with zero attached hydrogens (tertiary/aromatic N) is 2. The largest absolute Gasteiger partial charge is 0.497 e. The number of sulfonamides is 1. The maximum atomic E-state index is 13.0. The molecule has 2 aliphatic rings. The lowest BCUT2D eigenvalue weighted by Gasteiger charge is -2.17. The van der Waals surface area contributed by atoms with Crippen LogP contribution in [0.1, 0.15) is 11.1 Å². The minimum Gasteiger partial charge on any atom is -0.497 e. The van der Waals surface area contributed by atoms with Gasteiger partial charge in [-0.05, 0) is 24.6 Å². The van der Waals surface area contributed by atoms with Gasteiger partial charge >= 0.3 is 0 Å². The average Bonchev–Trinajstić information content (AvgIpc) is 3.23. The van der Waals surface area contributed by atoms with Crippen LogP contribution in [0, 0.1) is 12.8 Å². The molecule has 2 heterocycles. The first kappa shape index (κ1) is 17.1. The van der Waals surface area contributed by atoms with E-state index in [0.29, 0.717) is 18.8 Å². The summed E-state index contributed by atoms with van der Waals surface area (Å²) in [6.07, 6.45) is -0.245. The third-order valence-electron chi connectivity index (χ3n) is 4.97. The van der Waals surface area contributed by atoms with Gasteiger partial charge in [-0.25, -0.2) is 8.42 Å². The van der Waals surface area contributed by atoms with Crippen LogP contribution in [-0.2, 0) is 14.9 Å². The van der Waals surface area contributed by atoms with Crippen LogP contribution in [0.5, 0.6) is 5.75 Å². The smallest absolute Gasteiger partial charge is 0.243 e. The monoisotopic (exact) mass is 372 g/mol. The minimum absolute atomic E-state index is 0.0588. The molecule has 6 nitrogen and oxygen atoms in total. The van der Waals surface area contributed by atoms with Crippen molar-refractivity contribution < 1.29 is 18.0 Å². The fourth-order valence-electron chi connectivity index (χ4n) is 3.52. The molecule has 1 saturated heterocycles. The molecular weight excluding hydrogens is 352 g/mol. The van der Waals surface area contributed by atoms with Gasteiger partial charge in [0.2, 0.25) is 10.0 Å². The number of oxime groups is 1. The zero-order chi connectivity index (χ0) is 18.3. The Morgan fingerprint density at radius 3 is 2.73 bits per heavy atom. The van der Waals surface area contributed by atoms with E-state index in [1.807, 2.05) is 31.2 Å². The van der Waals surface area contributed by atoms with Crippen LogP contribution in [0.25, 0.3) is 0 Å². The molecule has 0 N–H and O–H groups in total. The average molecular weight is 372 g/mol. The highest BCUT2D eigenvalue weighted by molar-refractivity contribution is 7.89. The van der Waals surface area contributed by atoms with E-state index in [4.69, 9.17) is 9.57 Å². The normalized spacial score (nSPS) is 22.6. The second-order valence-electron chi connectivity index (χ2n) is 6.54. The van der Waals surface area contributed by atoms with E-state index in [1.54, 1.807) is 24.3 Å². The molecule has 0 spiro atoms. The molecule has 26 heavy (non-hydrogen) atoms. The summed E-state index contributed by atoms with van der Waals surface area (Å²) in [6, 6.07) is 14.5. The fourth-order valence-corrected chi connectivity index (χ4v) is 5.03. The molecule has 2 aromatic carbocycles. The third kappa shape index (κ3) is 2.77. The first-order valence-corrected chi connectivity index (χ1v) is 9.88. The van der Waals surface area contributed by atoms with Crippen LogP contribution in [0.4, 0.5) is 0 Å². The van der Waals surface area contributed by atoms with Crippen molar-refractivity contribution in [3.63, 3.8) is 0 Å². The van der Waals surface area contributed by atoms with E-state index in [9.17, 15) is 8.42 Å². The Bertz CT molecular complexity index is 971. The number of hydrogen-bond acceptors (Lipinski definition) is 5. The van der Waals surface area contributed by atoms with Crippen LogP contribution < -0.4 is 4.74 Å². The van der Waals surface area contributed by atoms with E-state index in [2.05, 4.69) is 5.16 Å². The molecule has 0 aliphatic carbocycles. The predicted octanol–water partition coefficient (Wildman–Crippen LogP) is 2.43. The lowest BCUT2D eigenvalue weighted by molar-refractivity contribution is 0.0803. The van der Waals surface area contributed by atoms with Gasteiger partial charge in [-0.1, -0.05) is 35.5 Å². The summed E-state index contributed by atoms with van der Waals surface area (Å²) < 4.78 is 32.7. The summed E-state index contributed by atoms with van der Waals surface area (Å²) in [7, 11) is -2.09. The minimum atomic E-state index is -3.61. The highest BCUT2D eigenvalue weighted by Crippen LogP contribution is 2.34. The Kier molecular flexibility index (Phi) is 4.20. The number of fused-ring (bicyclic) bond motifs is 1. The quantitative estimate of drug-likeness (QED) is 0.827. The van der Waals surface area contributed by atoms with Crippen molar-refractivity contribution in [1.82, 2.24) is 4.31 Å². The van der Waals surface area contributed by atoms with Crippen LogP contribution in [-0.4, -0.2) is 44.7 Å². The molecule has 2 atom stereocenters. The molecule has 0 saturated carbocycles. The number of aryl methyl sites for hydroxylation is 1. The molecule has 0 radical (unpaired) electrons.